The number of hydrogen-bond acceptors (Lipinski definition) is 4. The number of nitrogens with zero attached hydrogens (tertiary/aromatic N) is 1. The Morgan fingerprint density at radius 1 is 1.40 bits per heavy atom. The quantitative estimate of drug-likeness (QED) is 0.888. The summed E-state index contributed by atoms with van der Waals surface area (Å²) < 4.78 is 12.0. The summed E-state index contributed by atoms with van der Waals surface area (Å²) >= 11 is 3.37. The van der Waals surface area contributed by atoms with Gasteiger partial charge in [-0.1, -0.05) is 22.9 Å². The standard InChI is InChI=1S/C14H19BrN2O3/c1-2-13(20-12-5-3-11(15)4-6-12)14(18)16-17-7-9-19-10-8-17/h3-6,13H,2,7-10H2,1H3,(H,16,18)/t13-/m1/s1. The van der Waals surface area contributed by atoms with Crippen LogP contribution in [-0.2, 0) is 9.53 Å². The molecule has 1 atom stereocenters. The fourth-order valence-electron chi connectivity index (χ4n) is 1.90. The minimum absolute atomic E-state index is 0.114. The van der Waals surface area contributed by atoms with E-state index in [1.54, 1.807) is 0 Å². The van der Waals surface area contributed by atoms with Gasteiger partial charge < -0.3 is 9.47 Å². The summed E-state index contributed by atoms with van der Waals surface area (Å²) in [5, 5.41) is 1.87. The number of hydrogen-bond donors (Lipinski definition) is 1. The van der Waals surface area contributed by atoms with Crippen molar-refractivity contribution in [3.05, 3.63) is 28.7 Å². The van der Waals surface area contributed by atoms with E-state index in [0.717, 1.165) is 4.47 Å². The smallest absolute Gasteiger partial charge is 0.275 e. The van der Waals surface area contributed by atoms with Gasteiger partial charge in [0.2, 0.25) is 0 Å². The molecule has 20 heavy (non-hydrogen) atoms. The van der Waals surface area contributed by atoms with Crippen molar-refractivity contribution >= 4 is 21.8 Å². The molecule has 0 unspecified atom stereocenters. The number of amides is 1. The predicted octanol–water partition coefficient (Wildman–Crippen LogP) is 1.97. The number of hydrazine groups is 1. The molecule has 0 aromatic heterocycles. The van der Waals surface area contributed by atoms with Gasteiger partial charge in [-0.05, 0) is 30.7 Å². The zero-order valence-electron chi connectivity index (χ0n) is 11.5. The molecule has 1 fully saturated rings. The van der Waals surface area contributed by atoms with E-state index in [0.29, 0.717) is 38.5 Å². The van der Waals surface area contributed by atoms with Crippen molar-refractivity contribution in [2.75, 3.05) is 26.3 Å². The van der Waals surface area contributed by atoms with E-state index in [1.165, 1.54) is 0 Å². The molecule has 0 bridgehead atoms. The monoisotopic (exact) mass is 342 g/mol. The average Bonchev–Trinajstić information content (AvgIpc) is 2.47. The van der Waals surface area contributed by atoms with Crippen molar-refractivity contribution < 1.29 is 14.3 Å². The first kappa shape index (κ1) is 15.3. The molecule has 1 heterocycles. The third-order valence-corrected chi connectivity index (χ3v) is 3.56. The van der Waals surface area contributed by atoms with Gasteiger partial charge in [-0.3, -0.25) is 10.2 Å². The SMILES string of the molecule is CC[C@@H](Oc1ccc(Br)cc1)C(=O)NN1CCOCC1. The maximum Gasteiger partial charge on any atom is 0.275 e. The molecule has 1 aliphatic rings. The number of rotatable bonds is 5. The van der Waals surface area contributed by atoms with E-state index in [1.807, 2.05) is 36.2 Å². The average molecular weight is 343 g/mol. The van der Waals surface area contributed by atoms with E-state index in [9.17, 15) is 4.79 Å². The van der Waals surface area contributed by atoms with Gasteiger partial charge in [-0.25, -0.2) is 5.01 Å². The van der Waals surface area contributed by atoms with Crippen LogP contribution in [0.3, 0.4) is 0 Å². The second kappa shape index (κ2) is 7.61. The second-order valence-corrected chi connectivity index (χ2v) is 5.46. The first-order chi connectivity index (χ1) is 9.69. The number of ether oxygens (including phenoxy) is 2. The van der Waals surface area contributed by atoms with Crippen LogP contribution in [-0.4, -0.2) is 43.3 Å². The van der Waals surface area contributed by atoms with E-state index in [4.69, 9.17) is 9.47 Å². The number of benzene rings is 1. The summed E-state index contributed by atoms with van der Waals surface area (Å²) in [6, 6.07) is 7.47. The minimum atomic E-state index is -0.487. The van der Waals surface area contributed by atoms with Gasteiger partial charge in [0, 0.05) is 17.6 Å². The van der Waals surface area contributed by atoms with Crippen LogP contribution in [0.15, 0.2) is 28.7 Å². The molecule has 1 saturated heterocycles. The van der Waals surface area contributed by atoms with Crippen molar-refractivity contribution in [2.45, 2.75) is 19.4 Å². The lowest BCUT2D eigenvalue weighted by molar-refractivity contribution is -0.135. The van der Waals surface area contributed by atoms with Crippen LogP contribution in [0.5, 0.6) is 5.75 Å². The minimum Gasteiger partial charge on any atom is -0.481 e. The lowest BCUT2D eigenvalue weighted by Crippen LogP contribution is -2.52. The van der Waals surface area contributed by atoms with Gasteiger partial charge in [0.25, 0.3) is 5.91 Å². The van der Waals surface area contributed by atoms with Crippen LogP contribution in [0.1, 0.15) is 13.3 Å². The molecule has 1 N–H and O–H groups in total. The molecule has 2 rings (SSSR count). The first-order valence-corrected chi connectivity index (χ1v) is 7.53. The summed E-state index contributed by atoms with van der Waals surface area (Å²) in [4.78, 5) is 12.2. The maximum absolute atomic E-state index is 12.2. The Hall–Kier alpha value is -1.11. The van der Waals surface area contributed by atoms with E-state index >= 15 is 0 Å². The van der Waals surface area contributed by atoms with Crippen molar-refractivity contribution in [2.24, 2.45) is 0 Å². The molecule has 0 saturated carbocycles. The molecule has 0 aliphatic carbocycles. The Morgan fingerprint density at radius 3 is 2.65 bits per heavy atom. The lowest BCUT2D eigenvalue weighted by atomic mass is 10.2. The van der Waals surface area contributed by atoms with E-state index in [-0.39, 0.29) is 5.91 Å². The van der Waals surface area contributed by atoms with Gasteiger partial charge in [0.1, 0.15) is 5.75 Å². The largest absolute Gasteiger partial charge is 0.481 e. The van der Waals surface area contributed by atoms with Gasteiger partial charge in [-0.2, -0.15) is 0 Å². The van der Waals surface area contributed by atoms with Gasteiger partial charge in [0.05, 0.1) is 13.2 Å². The summed E-state index contributed by atoms with van der Waals surface area (Å²) in [7, 11) is 0. The second-order valence-electron chi connectivity index (χ2n) is 4.54. The number of morpholine rings is 1. The van der Waals surface area contributed by atoms with Crippen molar-refractivity contribution in [3.8, 4) is 5.75 Å². The summed E-state index contributed by atoms with van der Waals surface area (Å²) in [6.07, 6.45) is 0.130. The highest BCUT2D eigenvalue weighted by Gasteiger charge is 2.21. The van der Waals surface area contributed by atoms with Crippen molar-refractivity contribution in [1.82, 2.24) is 10.4 Å². The van der Waals surface area contributed by atoms with Crippen molar-refractivity contribution in [3.63, 3.8) is 0 Å². The number of nitrogens with one attached hydrogen (secondary N) is 1. The highest BCUT2D eigenvalue weighted by atomic mass is 79.9. The van der Waals surface area contributed by atoms with Crippen LogP contribution >= 0.6 is 15.9 Å². The Labute approximate surface area is 127 Å². The Kier molecular flexibility index (Phi) is 5.82. The highest BCUT2D eigenvalue weighted by molar-refractivity contribution is 9.10. The molecule has 0 spiro atoms. The zero-order chi connectivity index (χ0) is 14.4. The maximum atomic E-state index is 12.2. The van der Waals surface area contributed by atoms with Crippen LogP contribution in [0.4, 0.5) is 0 Å². The molecule has 1 amide bonds. The third-order valence-electron chi connectivity index (χ3n) is 3.03. The Balaban J connectivity index is 1.89. The van der Waals surface area contributed by atoms with Gasteiger partial charge in [-0.15, -0.1) is 0 Å². The summed E-state index contributed by atoms with van der Waals surface area (Å²) in [5.74, 6) is 0.578. The summed E-state index contributed by atoms with van der Waals surface area (Å²) in [6.45, 7) is 4.64. The van der Waals surface area contributed by atoms with Gasteiger partial charge in [0.15, 0.2) is 6.10 Å². The molecule has 1 aromatic rings. The first-order valence-electron chi connectivity index (χ1n) is 6.74. The van der Waals surface area contributed by atoms with E-state index in [2.05, 4.69) is 21.4 Å². The number of carbonyl (C=O) groups is 1. The van der Waals surface area contributed by atoms with Gasteiger partial charge >= 0.3 is 0 Å². The van der Waals surface area contributed by atoms with Crippen LogP contribution in [0.25, 0.3) is 0 Å². The molecular weight excluding hydrogens is 324 g/mol. The molecular formula is C14H19BrN2O3. The Bertz CT molecular complexity index is 433. The lowest BCUT2D eigenvalue weighted by Gasteiger charge is -2.28. The molecule has 1 aliphatic heterocycles. The molecule has 6 heteroatoms. The predicted molar refractivity (Wildman–Crippen MR) is 79.4 cm³/mol. The van der Waals surface area contributed by atoms with E-state index < -0.39 is 6.10 Å². The van der Waals surface area contributed by atoms with Crippen molar-refractivity contribution in [1.29, 1.82) is 0 Å². The number of carbonyl (C=O) groups excluding carboxylic acids is 1. The zero-order valence-corrected chi connectivity index (χ0v) is 13.1. The fraction of sp³-hybridized carbons (Fsp3) is 0.500. The Morgan fingerprint density at radius 2 is 2.05 bits per heavy atom. The molecule has 0 radical (unpaired) electrons. The highest BCUT2D eigenvalue weighted by Crippen LogP contribution is 2.18. The van der Waals surface area contributed by atoms with Crippen LogP contribution < -0.4 is 10.2 Å². The third kappa shape index (κ3) is 4.47. The fourth-order valence-corrected chi connectivity index (χ4v) is 2.17. The topological polar surface area (TPSA) is 50.8 Å². The molecule has 1 aromatic carbocycles. The normalized spacial score (nSPS) is 17.5. The van der Waals surface area contributed by atoms with Crippen LogP contribution in [0.2, 0.25) is 0 Å². The molecule has 5 nitrogen and oxygen atoms in total. The summed E-state index contributed by atoms with van der Waals surface area (Å²) in [5.41, 5.74) is 2.88. The van der Waals surface area contributed by atoms with Crippen LogP contribution in [0, 0.1) is 0 Å². The number of halogens is 1. The molecule has 110 valence electrons.